The van der Waals surface area contributed by atoms with Crippen molar-refractivity contribution in [1.82, 2.24) is 19.8 Å². The number of likely N-dealkylation sites (N-methyl/N-ethyl adjacent to an activating group) is 1. The van der Waals surface area contributed by atoms with Crippen LogP contribution in [0.15, 0.2) is 72.9 Å². The van der Waals surface area contributed by atoms with Gasteiger partial charge < -0.3 is 25.8 Å². The summed E-state index contributed by atoms with van der Waals surface area (Å²) in [6.45, 7) is 7.21. The number of aromatic nitrogens is 2. The standard InChI is InChI=1S/C32H31Cl2N7O3/c1-3-40-15-17-41(18-16-40)31(44)24-12-11-23(19-28(24)38-30(43)29-25(33)5-4-6-26(29)34)37-32-35-14-13-27(39-32)21-7-9-22(10-8-21)36-20(2)42/h4-14,19H,3,15-18H2,1-2H3,(H,36,42)(H,38,43)(H,35,37,39). The number of nitrogens with one attached hydrogen (secondary N) is 3. The zero-order valence-corrected chi connectivity index (χ0v) is 25.7. The molecule has 0 atom stereocenters. The molecular weight excluding hydrogens is 601 g/mol. The molecule has 1 aliphatic heterocycles. The van der Waals surface area contributed by atoms with Crippen LogP contribution in [0.4, 0.5) is 23.0 Å². The summed E-state index contributed by atoms with van der Waals surface area (Å²) in [6, 6.07) is 19.0. The quantitative estimate of drug-likeness (QED) is 0.212. The van der Waals surface area contributed by atoms with E-state index in [0.29, 0.717) is 47.4 Å². The number of halogens is 2. The minimum absolute atomic E-state index is 0.115. The van der Waals surface area contributed by atoms with Crippen molar-refractivity contribution < 1.29 is 14.4 Å². The molecule has 0 bridgehead atoms. The Balaban J connectivity index is 1.42. The summed E-state index contributed by atoms with van der Waals surface area (Å²) < 4.78 is 0. The molecule has 12 heteroatoms. The fraction of sp³-hybridized carbons (Fsp3) is 0.219. The second kappa shape index (κ2) is 13.9. The van der Waals surface area contributed by atoms with Crippen LogP contribution in [-0.4, -0.2) is 70.2 Å². The summed E-state index contributed by atoms with van der Waals surface area (Å²) in [4.78, 5) is 51.4. The molecule has 1 aliphatic rings. The highest BCUT2D eigenvalue weighted by Crippen LogP contribution is 2.29. The molecule has 226 valence electrons. The molecule has 0 saturated carbocycles. The van der Waals surface area contributed by atoms with Crippen molar-refractivity contribution in [2.24, 2.45) is 0 Å². The molecule has 3 N–H and O–H groups in total. The maximum absolute atomic E-state index is 13.7. The predicted molar refractivity (Wildman–Crippen MR) is 174 cm³/mol. The van der Waals surface area contributed by atoms with Gasteiger partial charge in [-0.05, 0) is 55.1 Å². The normalized spacial score (nSPS) is 13.3. The van der Waals surface area contributed by atoms with Gasteiger partial charge in [0.15, 0.2) is 0 Å². The van der Waals surface area contributed by atoms with Gasteiger partial charge in [-0.15, -0.1) is 0 Å². The van der Waals surface area contributed by atoms with Gasteiger partial charge in [0.2, 0.25) is 11.9 Å². The van der Waals surface area contributed by atoms with Crippen molar-refractivity contribution >= 4 is 63.9 Å². The number of hydrogen-bond donors (Lipinski definition) is 3. The van der Waals surface area contributed by atoms with E-state index in [1.54, 1.807) is 65.7 Å². The van der Waals surface area contributed by atoms with E-state index in [2.05, 4.69) is 37.7 Å². The molecule has 3 aromatic carbocycles. The molecule has 10 nitrogen and oxygen atoms in total. The maximum Gasteiger partial charge on any atom is 0.258 e. The highest BCUT2D eigenvalue weighted by molar-refractivity contribution is 6.40. The number of anilines is 4. The van der Waals surface area contributed by atoms with Crippen molar-refractivity contribution in [2.75, 3.05) is 48.7 Å². The SMILES string of the molecule is CCN1CCN(C(=O)c2ccc(Nc3nccc(-c4ccc(NC(C)=O)cc4)n3)cc2NC(=O)c2c(Cl)cccc2Cl)CC1. The lowest BCUT2D eigenvalue weighted by atomic mass is 10.1. The number of carbonyl (C=O) groups is 3. The van der Waals surface area contributed by atoms with E-state index in [-0.39, 0.29) is 27.4 Å². The molecule has 4 aromatic rings. The zero-order valence-electron chi connectivity index (χ0n) is 24.2. The van der Waals surface area contributed by atoms with Crippen molar-refractivity contribution in [3.63, 3.8) is 0 Å². The molecule has 2 heterocycles. The van der Waals surface area contributed by atoms with Crippen LogP contribution in [0, 0.1) is 0 Å². The van der Waals surface area contributed by atoms with Crippen molar-refractivity contribution in [3.8, 4) is 11.3 Å². The van der Waals surface area contributed by atoms with Crippen LogP contribution >= 0.6 is 23.2 Å². The number of carbonyl (C=O) groups excluding carboxylic acids is 3. The molecule has 1 fully saturated rings. The van der Waals surface area contributed by atoms with Gasteiger partial charge in [-0.25, -0.2) is 9.97 Å². The first-order chi connectivity index (χ1) is 21.2. The average molecular weight is 633 g/mol. The largest absolute Gasteiger partial charge is 0.336 e. The van der Waals surface area contributed by atoms with Crippen LogP contribution < -0.4 is 16.0 Å². The van der Waals surface area contributed by atoms with Crippen LogP contribution in [-0.2, 0) is 4.79 Å². The van der Waals surface area contributed by atoms with Gasteiger partial charge in [-0.2, -0.15) is 0 Å². The van der Waals surface area contributed by atoms with E-state index in [1.807, 2.05) is 12.1 Å². The minimum Gasteiger partial charge on any atom is -0.336 e. The first kappa shape index (κ1) is 30.9. The van der Waals surface area contributed by atoms with Crippen LogP contribution in [0.2, 0.25) is 10.0 Å². The number of piperazine rings is 1. The average Bonchev–Trinajstić information content (AvgIpc) is 3.01. The summed E-state index contributed by atoms with van der Waals surface area (Å²) in [6.07, 6.45) is 1.63. The number of amides is 3. The molecule has 0 spiro atoms. The van der Waals surface area contributed by atoms with Gasteiger partial charge in [0.05, 0.1) is 32.6 Å². The van der Waals surface area contributed by atoms with E-state index in [9.17, 15) is 14.4 Å². The molecule has 1 aromatic heterocycles. The zero-order chi connectivity index (χ0) is 31.2. The highest BCUT2D eigenvalue weighted by atomic mass is 35.5. The third kappa shape index (κ3) is 7.34. The van der Waals surface area contributed by atoms with Crippen molar-refractivity contribution in [3.05, 3.63) is 94.1 Å². The van der Waals surface area contributed by atoms with E-state index < -0.39 is 5.91 Å². The van der Waals surface area contributed by atoms with Crippen LogP contribution in [0.3, 0.4) is 0 Å². The number of benzene rings is 3. The summed E-state index contributed by atoms with van der Waals surface area (Å²) >= 11 is 12.6. The Morgan fingerprint density at radius 2 is 1.55 bits per heavy atom. The van der Waals surface area contributed by atoms with E-state index in [4.69, 9.17) is 23.2 Å². The van der Waals surface area contributed by atoms with Gasteiger partial charge in [0.25, 0.3) is 11.8 Å². The Morgan fingerprint density at radius 3 is 2.20 bits per heavy atom. The fourth-order valence-electron chi connectivity index (χ4n) is 4.89. The highest BCUT2D eigenvalue weighted by Gasteiger charge is 2.25. The summed E-state index contributed by atoms with van der Waals surface area (Å²) in [5.74, 6) is -0.560. The fourth-order valence-corrected chi connectivity index (χ4v) is 5.45. The summed E-state index contributed by atoms with van der Waals surface area (Å²) in [5, 5.41) is 9.16. The Hall–Kier alpha value is -4.51. The molecule has 3 amide bonds. The van der Waals surface area contributed by atoms with Crippen molar-refractivity contribution in [1.29, 1.82) is 0 Å². The third-order valence-corrected chi connectivity index (χ3v) is 7.84. The second-order valence-electron chi connectivity index (χ2n) is 10.2. The van der Waals surface area contributed by atoms with Gasteiger partial charge >= 0.3 is 0 Å². The number of rotatable bonds is 8. The Kier molecular flexibility index (Phi) is 9.74. The second-order valence-corrected chi connectivity index (χ2v) is 11.0. The summed E-state index contributed by atoms with van der Waals surface area (Å²) in [5.41, 5.74) is 3.48. The first-order valence-corrected chi connectivity index (χ1v) is 14.9. The van der Waals surface area contributed by atoms with Crippen LogP contribution in [0.25, 0.3) is 11.3 Å². The van der Waals surface area contributed by atoms with Gasteiger partial charge in [0.1, 0.15) is 0 Å². The van der Waals surface area contributed by atoms with E-state index >= 15 is 0 Å². The molecule has 0 radical (unpaired) electrons. The Labute approximate surface area is 265 Å². The van der Waals surface area contributed by atoms with Crippen LogP contribution in [0.1, 0.15) is 34.6 Å². The lowest BCUT2D eigenvalue weighted by molar-refractivity contribution is -0.114. The number of nitrogens with zero attached hydrogens (tertiary/aromatic N) is 4. The molecule has 0 aliphatic carbocycles. The predicted octanol–water partition coefficient (Wildman–Crippen LogP) is 6.18. The lowest BCUT2D eigenvalue weighted by Gasteiger charge is -2.34. The first-order valence-electron chi connectivity index (χ1n) is 14.1. The molecule has 5 rings (SSSR count). The van der Waals surface area contributed by atoms with E-state index in [0.717, 1.165) is 25.2 Å². The summed E-state index contributed by atoms with van der Waals surface area (Å²) in [7, 11) is 0. The molecule has 44 heavy (non-hydrogen) atoms. The lowest BCUT2D eigenvalue weighted by Crippen LogP contribution is -2.48. The van der Waals surface area contributed by atoms with Gasteiger partial charge in [-0.1, -0.05) is 48.3 Å². The molecule has 0 unspecified atom stereocenters. The smallest absolute Gasteiger partial charge is 0.258 e. The number of hydrogen-bond acceptors (Lipinski definition) is 7. The van der Waals surface area contributed by atoms with Gasteiger partial charge in [-0.3, -0.25) is 14.4 Å². The van der Waals surface area contributed by atoms with Crippen molar-refractivity contribution in [2.45, 2.75) is 13.8 Å². The maximum atomic E-state index is 13.7. The Morgan fingerprint density at radius 1 is 0.864 bits per heavy atom. The minimum atomic E-state index is -0.538. The van der Waals surface area contributed by atoms with Gasteiger partial charge in [0, 0.05) is 56.2 Å². The molecule has 1 saturated heterocycles. The third-order valence-electron chi connectivity index (χ3n) is 7.21. The topological polar surface area (TPSA) is 120 Å². The van der Waals surface area contributed by atoms with Crippen LogP contribution in [0.5, 0.6) is 0 Å². The molecular formula is C32H31Cl2N7O3. The monoisotopic (exact) mass is 631 g/mol. The Bertz CT molecular complexity index is 1670. The van der Waals surface area contributed by atoms with E-state index in [1.165, 1.54) is 6.92 Å².